The number of aliphatic imine (C=N–C) groups is 1. The van der Waals surface area contributed by atoms with Crippen molar-refractivity contribution in [1.29, 1.82) is 0 Å². The zero-order valence-corrected chi connectivity index (χ0v) is 30.2. The first kappa shape index (κ1) is 38.2. The number of thiazole rings is 1. The van der Waals surface area contributed by atoms with Gasteiger partial charge in [-0.1, -0.05) is 38.8 Å². The smallest absolute Gasteiger partial charge is 0.302 e. The van der Waals surface area contributed by atoms with Crippen LogP contribution in [0.2, 0.25) is 0 Å². The first-order valence-electron chi connectivity index (χ1n) is 16.0. The number of allylic oxidation sites excluding steroid dienone is 1. The minimum atomic E-state index is -0.365. The fraction of sp³-hybridized carbons (Fsp3) is 0.324. The quantitative estimate of drug-likeness (QED) is 0.110. The van der Waals surface area contributed by atoms with Gasteiger partial charge in [-0.25, -0.2) is 9.98 Å². The van der Waals surface area contributed by atoms with Crippen LogP contribution in [0.15, 0.2) is 83.9 Å². The summed E-state index contributed by atoms with van der Waals surface area (Å²) < 4.78 is 0. The molecule has 0 spiro atoms. The zero-order valence-electron chi connectivity index (χ0n) is 29.4. The standard InChI is InChI=1S/C34H38N8O3S.C3H8/c1-7-36-32(31(24(3)35)41(6)27-15-13-25(14-16-27)33(45)38-34-37-21-23(2)46-34)42(22-43)29-11-8-10-28(20-29)40(5)30(44)12-9-19-39(4)26-17-18-26;1-3-2/h7-8,10-11,13-16,20-22,26H,1,17-19,35H2,2-6H3,(H,37,38,45);3H2,1-2H3/b31-24-,36-32?;. The van der Waals surface area contributed by atoms with Crippen LogP contribution in [-0.4, -0.2) is 67.7 Å². The summed E-state index contributed by atoms with van der Waals surface area (Å²) >= 11 is 1.39. The Hall–Kier alpha value is -5.25. The minimum Gasteiger partial charge on any atom is -0.400 e. The summed E-state index contributed by atoms with van der Waals surface area (Å²) in [6, 6.07) is 14.4. The van der Waals surface area contributed by atoms with Gasteiger partial charge in [0.05, 0.1) is 12.2 Å². The molecule has 0 bridgehead atoms. The van der Waals surface area contributed by atoms with Crippen molar-refractivity contribution in [2.45, 2.75) is 53.0 Å². The molecule has 2 aromatic carbocycles. The van der Waals surface area contributed by atoms with E-state index in [0.717, 1.165) is 4.88 Å². The van der Waals surface area contributed by atoms with Gasteiger partial charge in [-0.2, -0.15) is 0 Å². The van der Waals surface area contributed by atoms with E-state index in [1.54, 1.807) is 80.6 Å². The summed E-state index contributed by atoms with van der Waals surface area (Å²) in [7, 11) is 5.42. The lowest BCUT2D eigenvalue weighted by atomic mass is 10.1. The second kappa shape index (κ2) is 18.3. The molecule has 1 heterocycles. The van der Waals surface area contributed by atoms with Gasteiger partial charge < -0.3 is 15.5 Å². The number of carbonyl (C=O) groups excluding carboxylic acids is 3. The number of nitrogens with zero attached hydrogens (tertiary/aromatic N) is 6. The molecular weight excluding hydrogens is 637 g/mol. The third kappa shape index (κ3) is 10.6. The molecule has 258 valence electrons. The van der Waals surface area contributed by atoms with Gasteiger partial charge in [0.2, 0.25) is 6.41 Å². The number of hydrogen-bond acceptors (Lipinski definition) is 9. The molecule has 1 fully saturated rings. The van der Waals surface area contributed by atoms with E-state index in [-0.39, 0.29) is 17.6 Å². The highest BCUT2D eigenvalue weighted by atomic mass is 32.1. The molecule has 1 aromatic heterocycles. The highest BCUT2D eigenvalue weighted by molar-refractivity contribution is 7.15. The maximum atomic E-state index is 12.9. The molecule has 0 radical (unpaired) electrons. The Morgan fingerprint density at radius 1 is 1.08 bits per heavy atom. The molecule has 0 aliphatic heterocycles. The summed E-state index contributed by atoms with van der Waals surface area (Å²) in [6.45, 7) is 12.1. The molecule has 4 rings (SSSR count). The maximum Gasteiger partial charge on any atom is 0.302 e. The lowest BCUT2D eigenvalue weighted by molar-refractivity contribution is -0.113. The van der Waals surface area contributed by atoms with Gasteiger partial charge in [0.1, 0.15) is 5.70 Å². The van der Waals surface area contributed by atoms with Crippen LogP contribution < -0.4 is 25.8 Å². The predicted molar refractivity (Wildman–Crippen MR) is 202 cm³/mol. The van der Waals surface area contributed by atoms with Crippen LogP contribution >= 0.6 is 11.3 Å². The van der Waals surface area contributed by atoms with Gasteiger partial charge in [0.15, 0.2) is 11.0 Å². The summed E-state index contributed by atoms with van der Waals surface area (Å²) in [4.78, 5) is 54.5. The Balaban J connectivity index is 0.00000209. The molecule has 3 N–H and O–H groups in total. The highest BCUT2D eigenvalue weighted by Gasteiger charge is 2.26. The van der Waals surface area contributed by atoms with E-state index < -0.39 is 0 Å². The number of rotatable bonds is 11. The molecule has 0 unspecified atom stereocenters. The summed E-state index contributed by atoms with van der Waals surface area (Å²) in [5.41, 5.74) is 9.33. The van der Waals surface area contributed by atoms with Crippen molar-refractivity contribution in [3.8, 4) is 11.8 Å². The van der Waals surface area contributed by atoms with Gasteiger partial charge in [0.25, 0.3) is 5.91 Å². The van der Waals surface area contributed by atoms with E-state index in [0.29, 0.717) is 58.1 Å². The molecule has 3 amide bonds. The number of nitrogens with one attached hydrogen (secondary N) is 1. The number of nitrogens with two attached hydrogens (primary N) is 1. The van der Waals surface area contributed by atoms with Gasteiger partial charge in [-0.15, -0.1) is 11.3 Å². The zero-order chi connectivity index (χ0) is 36.1. The Labute approximate surface area is 293 Å². The number of aryl methyl sites for hydroxylation is 1. The van der Waals surface area contributed by atoms with E-state index in [2.05, 4.69) is 52.5 Å². The van der Waals surface area contributed by atoms with Crippen LogP contribution in [0, 0.1) is 18.8 Å². The van der Waals surface area contributed by atoms with Crippen molar-refractivity contribution in [3.05, 3.63) is 89.3 Å². The normalized spacial score (nSPS) is 12.8. The SMILES string of the molecule is C=CN=C(/C(=C(\C)N)N(C)c1ccc(C(=O)Nc2ncc(C)s2)cc1)N(C=O)c1cccc(N(C)C(=O)C#CCN(C)C2CC2)c1.CCC. The summed E-state index contributed by atoms with van der Waals surface area (Å²) in [6.07, 6.45) is 7.23. The molecule has 12 heteroatoms. The second-order valence-corrected chi connectivity index (χ2v) is 12.8. The van der Waals surface area contributed by atoms with Crippen LogP contribution in [0.5, 0.6) is 0 Å². The van der Waals surface area contributed by atoms with Gasteiger partial charge in [-0.05, 0) is 82.1 Å². The van der Waals surface area contributed by atoms with Crippen LogP contribution in [0.4, 0.5) is 22.2 Å². The van der Waals surface area contributed by atoms with Crippen LogP contribution in [0.3, 0.4) is 0 Å². The lowest BCUT2D eigenvalue weighted by Gasteiger charge is -2.30. The average Bonchev–Trinajstić information content (AvgIpc) is 3.86. The largest absolute Gasteiger partial charge is 0.400 e. The number of amidine groups is 1. The van der Waals surface area contributed by atoms with Crippen molar-refractivity contribution in [1.82, 2.24) is 9.88 Å². The molecule has 3 aromatic rings. The third-order valence-electron chi connectivity index (χ3n) is 7.32. The van der Waals surface area contributed by atoms with Crippen molar-refractivity contribution in [2.24, 2.45) is 10.7 Å². The number of carbonyl (C=O) groups is 3. The van der Waals surface area contributed by atoms with E-state index in [4.69, 9.17) is 5.73 Å². The number of benzene rings is 2. The minimum absolute atomic E-state index is 0.211. The number of anilines is 4. The van der Waals surface area contributed by atoms with Crippen LogP contribution in [-0.2, 0) is 9.59 Å². The number of aromatic nitrogens is 1. The third-order valence-corrected chi connectivity index (χ3v) is 8.15. The fourth-order valence-electron chi connectivity index (χ4n) is 4.63. The Morgan fingerprint density at radius 3 is 2.29 bits per heavy atom. The fourth-order valence-corrected chi connectivity index (χ4v) is 5.29. The summed E-state index contributed by atoms with van der Waals surface area (Å²) in [5.74, 6) is 5.23. The predicted octanol–water partition coefficient (Wildman–Crippen LogP) is 6.01. The first-order chi connectivity index (χ1) is 23.4. The number of likely N-dealkylation sites (N-methyl/N-ethyl adjacent to an activating group) is 1. The van der Waals surface area contributed by atoms with Gasteiger partial charge >= 0.3 is 5.91 Å². The van der Waals surface area contributed by atoms with E-state index in [1.165, 1.54) is 46.6 Å². The molecule has 49 heavy (non-hydrogen) atoms. The highest BCUT2D eigenvalue weighted by Crippen LogP contribution is 2.28. The molecule has 0 saturated heterocycles. The molecule has 1 aliphatic rings. The average molecular weight is 683 g/mol. The van der Waals surface area contributed by atoms with Crippen molar-refractivity contribution in [3.63, 3.8) is 0 Å². The van der Waals surface area contributed by atoms with Crippen LogP contribution in [0.25, 0.3) is 0 Å². The molecule has 11 nitrogen and oxygen atoms in total. The lowest BCUT2D eigenvalue weighted by Crippen LogP contribution is -2.38. The monoisotopic (exact) mass is 682 g/mol. The Morgan fingerprint density at radius 2 is 1.73 bits per heavy atom. The molecule has 0 atom stereocenters. The van der Waals surface area contributed by atoms with Crippen molar-refractivity contribution >= 4 is 57.6 Å². The van der Waals surface area contributed by atoms with Crippen molar-refractivity contribution in [2.75, 3.05) is 47.7 Å². The molecule has 1 aliphatic carbocycles. The number of amides is 3. The molecular formula is C37H46N8O3S. The van der Waals surface area contributed by atoms with Gasteiger partial charge in [-0.3, -0.25) is 29.5 Å². The van der Waals surface area contributed by atoms with Crippen LogP contribution in [0.1, 0.15) is 55.3 Å². The van der Waals surface area contributed by atoms with Gasteiger partial charge in [0, 0.05) is 60.0 Å². The Kier molecular flexibility index (Phi) is 14.3. The molecule has 1 saturated carbocycles. The maximum absolute atomic E-state index is 12.9. The second-order valence-electron chi connectivity index (χ2n) is 11.5. The summed E-state index contributed by atoms with van der Waals surface area (Å²) in [5, 5.41) is 3.32. The van der Waals surface area contributed by atoms with E-state index >= 15 is 0 Å². The van der Waals surface area contributed by atoms with E-state index in [1.807, 2.05) is 14.0 Å². The first-order valence-corrected chi connectivity index (χ1v) is 16.8. The Bertz CT molecular complexity index is 1740. The van der Waals surface area contributed by atoms with Crippen molar-refractivity contribution < 1.29 is 14.4 Å². The topological polar surface area (TPSA) is 127 Å². The number of hydrogen-bond donors (Lipinski definition) is 2. The van der Waals surface area contributed by atoms with E-state index in [9.17, 15) is 14.4 Å².